The van der Waals surface area contributed by atoms with Crippen LogP contribution in [0.1, 0.15) is 39.2 Å². The van der Waals surface area contributed by atoms with Crippen molar-refractivity contribution in [1.82, 2.24) is 0 Å². The molecule has 0 aliphatic carbocycles. The van der Waals surface area contributed by atoms with Gasteiger partial charge < -0.3 is 15.1 Å². The molecule has 2 rings (SSSR count). The zero-order valence-corrected chi connectivity index (χ0v) is 12.5. The minimum atomic E-state index is -0.973. The molecule has 5 nitrogen and oxygen atoms in total. The largest absolute Gasteiger partial charge is 0.480 e. The van der Waals surface area contributed by atoms with Gasteiger partial charge in [-0.25, -0.2) is 9.59 Å². The van der Waals surface area contributed by atoms with E-state index in [9.17, 15) is 19.8 Å². The van der Waals surface area contributed by atoms with Crippen LogP contribution in [0.25, 0.3) is 0 Å². The highest BCUT2D eigenvalue weighted by atomic mass is 16.4. The van der Waals surface area contributed by atoms with Gasteiger partial charge in [-0.05, 0) is 36.0 Å². The number of carboxylic acid groups (broad SMARTS) is 2. The Hall–Kier alpha value is -2.04. The molecule has 0 unspecified atom stereocenters. The Bertz CT molecular complexity index is 522. The maximum absolute atomic E-state index is 11.3. The van der Waals surface area contributed by atoms with E-state index in [1.807, 2.05) is 24.3 Å². The van der Waals surface area contributed by atoms with Gasteiger partial charge in [0.2, 0.25) is 0 Å². The number of hydrogen-bond acceptors (Lipinski definition) is 3. The number of hydrogen-bond donors (Lipinski definition) is 2. The van der Waals surface area contributed by atoms with Gasteiger partial charge in [0.1, 0.15) is 12.1 Å². The maximum Gasteiger partial charge on any atom is 0.326 e. The van der Waals surface area contributed by atoms with Crippen LogP contribution in [0.3, 0.4) is 0 Å². The fourth-order valence-electron chi connectivity index (χ4n) is 2.79. The van der Waals surface area contributed by atoms with Crippen molar-refractivity contribution < 1.29 is 19.8 Å². The Labute approximate surface area is 124 Å². The van der Waals surface area contributed by atoms with Crippen LogP contribution in [0.2, 0.25) is 0 Å². The van der Waals surface area contributed by atoms with Crippen molar-refractivity contribution in [2.24, 2.45) is 0 Å². The van der Waals surface area contributed by atoms with Gasteiger partial charge in [0.05, 0.1) is 0 Å². The lowest BCUT2D eigenvalue weighted by molar-refractivity contribution is -0.139. The van der Waals surface area contributed by atoms with Gasteiger partial charge in [-0.1, -0.05) is 32.9 Å². The Kier molecular flexibility index (Phi) is 3.94. The quantitative estimate of drug-likeness (QED) is 0.894. The average molecular weight is 291 g/mol. The van der Waals surface area contributed by atoms with Crippen LogP contribution in [-0.2, 0) is 15.0 Å². The number of nitrogens with zero attached hydrogens (tertiary/aromatic N) is 1. The molecule has 2 atom stereocenters. The molecule has 1 heterocycles. The van der Waals surface area contributed by atoms with Gasteiger partial charge in [-0.2, -0.15) is 0 Å². The first kappa shape index (κ1) is 15.4. The fourth-order valence-corrected chi connectivity index (χ4v) is 2.79. The molecule has 0 saturated carbocycles. The number of aliphatic carboxylic acids is 2. The highest BCUT2D eigenvalue weighted by molar-refractivity contribution is 5.86. The van der Waals surface area contributed by atoms with Crippen LogP contribution in [-0.4, -0.2) is 34.2 Å². The number of carboxylic acids is 2. The van der Waals surface area contributed by atoms with E-state index in [2.05, 4.69) is 20.8 Å². The fraction of sp³-hybridized carbons (Fsp3) is 0.500. The normalized spacial score (nSPS) is 22.3. The van der Waals surface area contributed by atoms with E-state index in [1.165, 1.54) is 4.90 Å². The predicted molar refractivity (Wildman–Crippen MR) is 79.7 cm³/mol. The molecule has 0 aromatic heterocycles. The number of carbonyl (C=O) groups is 2. The van der Waals surface area contributed by atoms with Gasteiger partial charge in [0, 0.05) is 5.69 Å². The third-order valence-corrected chi connectivity index (χ3v) is 3.99. The molecule has 1 fully saturated rings. The lowest BCUT2D eigenvalue weighted by Crippen LogP contribution is -2.44. The summed E-state index contributed by atoms with van der Waals surface area (Å²) in [5.74, 6) is -1.95. The Morgan fingerprint density at radius 3 is 1.76 bits per heavy atom. The van der Waals surface area contributed by atoms with Crippen LogP contribution in [0, 0.1) is 0 Å². The van der Waals surface area contributed by atoms with Crippen molar-refractivity contribution in [3.05, 3.63) is 29.8 Å². The summed E-state index contributed by atoms with van der Waals surface area (Å²) in [7, 11) is 0. The predicted octanol–water partition coefficient (Wildman–Crippen LogP) is 2.49. The zero-order chi connectivity index (χ0) is 15.8. The second kappa shape index (κ2) is 5.39. The van der Waals surface area contributed by atoms with E-state index >= 15 is 0 Å². The van der Waals surface area contributed by atoms with Crippen LogP contribution in [0.5, 0.6) is 0 Å². The highest BCUT2D eigenvalue weighted by Crippen LogP contribution is 2.32. The van der Waals surface area contributed by atoms with E-state index in [0.29, 0.717) is 18.5 Å². The van der Waals surface area contributed by atoms with Gasteiger partial charge in [-0.3, -0.25) is 0 Å². The third kappa shape index (κ3) is 3.01. The lowest BCUT2D eigenvalue weighted by Gasteiger charge is -2.29. The molecule has 1 aromatic rings. The molecule has 1 aromatic carbocycles. The summed E-state index contributed by atoms with van der Waals surface area (Å²) < 4.78 is 0. The minimum absolute atomic E-state index is 0.00192. The molecule has 5 heteroatoms. The smallest absolute Gasteiger partial charge is 0.326 e. The van der Waals surface area contributed by atoms with Crippen LogP contribution in [0.4, 0.5) is 5.69 Å². The van der Waals surface area contributed by atoms with Gasteiger partial charge >= 0.3 is 11.9 Å². The van der Waals surface area contributed by atoms with Crippen molar-refractivity contribution in [2.75, 3.05) is 4.90 Å². The summed E-state index contributed by atoms with van der Waals surface area (Å²) >= 11 is 0. The highest BCUT2D eigenvalue weighted by Gasteiger charge is 2.41. The molecule has 0 radical (unpaired) electrons. The monoisotopic (exact) mass is 291 g/mol. The van der Waals surface area contributed by atoms with Crippen LogP contribution >= 0.6 is 0 Å². The Balaban J connectivity index is 2.36. The number of anilines is 1. The molecule has 0 spiro atoms. The summed E-state index contributed by atoms with van der Waals surface area (Å²) in [6, 6.07) is 5.96. The van der Waals surface area contributed by atoms with Gasteiger partial charge in [0.15, 0.2) is 0 Å². The molecular weight excluding hydrogens is 270 g/mol. The van der Waals surface area contributed by atoms with Crippen molar-refractivity contribution in [3.8, 4) is 0 Å². The SMILES string of the molecule is CC(C)(C)c1ccc(N2[C@@H](C(=O)O)CC[C@@H]2C(=O)O)cc1. The first-order valence-corrected chi connectivity index (χ1v) is 7.06. The molecule has 21 heavy (non-hydrogen) atoms. The Morgan fingerprint density at radius 2 is 1.43 bits per heavy atom. The lowest BCUT2D eigenvalue weighted by atomic mass is 9.87. The molecule has 2 N–H and O–H groups in total. The zero-order valence-electron chi connectivity index (χ0n) is 12.5. The van der Waals surface area contributed by atoms with Gasteiger partial charge in [-0.15, -0.1) is 0 Å². The average Bonchev–Trinajstić information content (AvgIpc) is 2.82. The van der Waals surface area contributed by atoms with Crippen molar-refractivity contribution in [1.29, 1.82) is 0 Å². The Morgan fingerprint density at radius 1 is 1.00 bits per heavy atom. The van der Waals surface area contributed by atoms with E-state index < -0.39 is 24.0 Å². The molecule has 1 aliphatic rings. The molecule has 114 valence electrons. The van der Waals surface area contributed by atoms with Crippen LogP contribution < -0.4 is 4.90 Å². The molecule has 1 aliphatic heterocycles. The van der Waals surface area contributed by atoms with E-state index in [0.717, 1.165) is 5.56 Å². The second-order valence-corrected chi connectivity index (χ2v) is 6.49. The van der Waals surface area contributed by atoms with E-state index in [-0.39, 0.29) is 5.41 Å². The van der Waals surface area contributed by atoms with Gasteiger partial charge in [0.25, 0.3) is 0 Å². The van der Waals surface area contributed by atoms with Crippen molar-refractivity contribution >= 4 is 17.6 Å². The summed E-state index contributed by atoms with van der Waals surface area (Å²) in [5, 5.41) is 18.6. The van der Waals surface area contributed by atoms with Crippen molar-refractivity contribution in [3.63, 3.8) is 0 Å². The van der Waals surface area contributed by atoms with E-state index in [4.69, 9.17) is 0 Å². The molecule has 1 saturated heterocycles. The van der Waals surface area contributed by atoms with Crippen LogP contribution in [0.15, 0.2) is 24.3 Å². The molecular formula is C16H21NO4. The summed E-state index contributed by atoms with van der Waals surface area (Å²) in [5.41, 5.74) is 1.78. The third-order valence-electron chi connectivity index (χ3n) is 3.99. The molecule has 0 bridgehead atoms. The minimum Gasteiger partial charge on any atom is -0.480 e. The first-order chi connectivity index (χ1) is 9.71. The topological polar surface area (TPSA) is 77.8 Å². The summed E-state index contributed by atoms with van der Waals surface area (Å²) in [6.07, 6.45) is 0.709. The molecule has 0 amide bonds. The standard InChI is InChI=1S/C16H21NO4/c1-16(2,3)10-4-6-11(7-5-10)17-12(14(18)19)8-9-13(17)15(20)21/h4-7,12-13H,8-9H2,1-3H3,(H,18,19)(H,20,21)/t12-,13-/m1/s1. The number of rotatable bonds is 3. The first-order valence-electron chi connectivity index (χ1n) is 7.06. The number of benzene rings is 1. The van der Waals surface area contributed by atoms with E-state index in [1.54, 1.807) is 0 Å². The maximum atomic E-state index is 11.3. The van der Waals surface area contributed by atoms with Crippen molar-refractivity contribution in [2.45, 2.75) is 51.1 Å². The summed E-state index contributed by atoms with van der Waals surface area (Å²) in [6.45, 7) is 6.29. The second-order valence-electron chi connectivity index (χ2n) is 6.49. The summed E-state index contributed by atoms with van der Waals surface area (Å²) in [4.78, 5) is 24.2.